The van der Waals surface area contributed by atoms with Crippen molar-refractivity contribution < 1.29 is 4.79 Å². The molecule has 1 aromatic rings. The molecule has 1 rings (SSSR count). The first-order valence-electron chi connectivity index (χ1n) is 4.64. The van der Waals surface area contributed by atoms with Crippen molar-refractivity contribution in [2.24, 2.45) is 0 Å². The lowest BCUT2D eigenvalue weighted by molar-refractivity contribution is 0.0772. The third-order valence-electron chi connectivity index (χ3n) is 2.21. The maximum absolute atomic E-state index is 11.8. The molecule has 15 heavy (non-hydrogen) atoms. The van der Waals surface area contributed by atoms with Crippen molar-refractivity contribution in [2.75, 3.05) is 7.05 Å². The molecule has 1 heterocycles. The number of nitriles is 1. The van der Waals surface area contributed by atoms with Gasteiger partial charge in [-0.25, -0.2) is 0 Å². The molecule has 0 fully saturated rings. The minimum atomic E-state index is -0.432. The minimum absolute atomic E-state index is 0.180. The molecule has 78 valence electrons. The van der Waals surface area contributed by atoms with Crippen LogP contribution in [0.2, 0.25) is 0 Å². The third-order valence-corrected chi connectivity index (χ3v) is 2.21. The summed E-state index contributed by atoms with van der Waals surface area (Å²) in [6, 6.07) is 3.34. The number of carbonyl (C=O) groups is 1. The molecular weight excluding hydrogens is 190 g/mol. The second-order valence-electron chi connectivity index (χ2n) is 3.47. The van der Waals surface area contributed by atoms with Crippen LogP contribution < -0.4 is 0 Å². The first kappa shape index (κ1) is 11.2. The third kappa shape index (κ3) is 2.53. The van der Waals surface area contributed by atoms with E-state index in [0.717, 1.165) is 5.56 Å². The molecule has 0 saturated carbocycles. The van der Waals surface area contributed by atoms with E-state index in [1.165, 1.54) is 11.1 Å². The summed E-state index contributed by atoms with van der Waals surface area (Å²) in [5, 5.41) is 8.70. The van der Waals surface area contributed by atoms with Crippen molar-refractivity contribution in [3.8, 4) is 6.07 Å². The Morgan fingerprint density at radius 1 is 1.60 bits per heavy atom. The zero-order chi connectivity index (χ0) is 11.4. The van der Waals surface area contributed by atoms with Gasteiger partial charge >= 0.3 is 0 Å². The van der Waals surface area contributed by atoms with E-state index in [-0.39, 0.29) is 5.91 Å². The van der Waals surface area contributed by atoms with Gasteiger partial charge in [-0.1, -0.05) is 0 Å². The van der Waals surface area contributed by atoms with Crippen molar-refractivity contribution in [3.63, 3.8) is 0 Å². The first-order valence-corrected chi connectivity index (χ1v) is 4.64. The van der Waals surface area contributed by atoms with E-state index in [1.54, 1.807) is 26.2 Å². The van der Waals surface area contributed by atoms with Crippen LogP contribution in [-0.2, 0) is 0 Å². The number of hydrogen-bond acceptors (Lipinski definition) is 3. The van der Waals surface area contributed by atoms with Gasteiger partial charge in [0.25, 0.3) is 5.91 Å². The Balaban J connectivity index is 2.91. The quantitative estimate of drug-likeness (QED) is 0.729. The summed E-state index contributed by atoms with van der Waals surface area (Å²) in [5.41, 5.74) is 1.44. The average molecular weight is 203 g/mol. The molecule has 1 atom stereocenters. The number of rotatable bonds is 2. The van der Waals surface area contributed by atoms with Gasteiger partial charge in [0.1, 0.15) is 6.04 Å². The molecule has 0 saturated heterocycles. The molecule has 4 nitrogen and oxygen atoms in total. The fourth-order valence-corrected chi connectivity index (χ4v) is 1.14. The van der Waals surface area contributed by atoms with Gasteiger partial charge in [-0.05, 0) is 25.5 Å². The van der Waals surface area contributed by atoms with Crippen LogP contribution in [0.15, 0.2) is 18.5 Å². The average Bonchev–Trinajstić information content (AvgIpc) is 2.26. The van der Waals surface area contributed by atoms with Crippen LogP contribution in [0.25, 0.3) is 0 Å². The Morgan fingerprint density at radius 3 is 2.80 bits per heavy atom. The van der Waals surface area contributed by atoms with Gasteiger partial charge < -0.3 is 4.90 Å². The molecule has 4 heteroatoms. The van der Waals surface area contributed by atoms with Crippen LogP contribution in [0.4, 0.5) is 0 Å². The van der Waals surface area contributed by atoms with Crippen LogP contribution in [0.1, 0.15) is 22.8 Å². The van der Waals surface area contributed by atoms with E-state index in [9.17, 15) is 4.79 Å². The molecule has 0 aromatic carbocycles. The van der Waals surface area contributed by atoms with Crippen molar-refractivity contribution in [1.29, 1.82) is 5.26 Å². The molecular formula is C11H13N3O. The van der Waals surface area contributed by atoms with E-state index in [0.29, 0.717) is 5.56 Å². The largest absolute Gasteiger partial charge is 0.326 e. The van der Waals surface area contributed by atoms with Gasteiger partial charge in [-0.2, -0.15) is 5.26 Å². The Hall–Kier alpha value is -1.89. The summed E-state index contributed by atoms with van der Waals surface area (Å²) in [6.07, 6.45) is 3.19. The molecule has 0 N–H and O–H groups in total. The normalized spacial score (nSPS) is 11.6. The number of hydrogen-bond donors (Lipinski definition) is 0. The summed E-state index contributed by atoms with van der Waals surface area (Å²) in [5.74, 6) is -0.180. The van der Waals surface area contributed by atoms with Crippen molar-refractivity contribution in [3.05, 3.63) is 29.6 Å². The maximum atomic E-state index is 11.8. The van der Waals surface area contributed by atoms with Crippen LogP contribution in [0.3, 0.4) is 0 Å². The highest BCUT2D eigenvalue weighted by Gasteiger charge is 2.16. The van der Waals surface area contributed by atoms with Gasteiger partial charge in [0, 0.05) is 19.4 Å². The second-order valence-corrected chi connectivity index (χ2v) is 3.47. The highest BCUT2D eigenvalue weighted by molar-refractivity contribution is 5.94. The Bertz CT molecular complexity index is 409. The van der Waals surface area contributed by atoms with Gasteiger partial charge in [0.15, 0.2) is 0 Å². The van der Waals surface area contributed by atoms with Crippen LogP contribution >= 0.6 is 0 Å². The smallest absolute Gasteiger partial charge is 0.256 e. The summed E-state index contributed by atoms with van der Waals surface area (Å²) in [4.78, 5) is 17.2. The number of amides is 1. The molecule has 0 aliphatic heterocycles. The lowest BCUT2D eigenvalue weighted by atomic mass is 10.2. The predicted octanol–water partition coefficient (Wildman–Crippen LogP) is 1.37. The van der Waals surface area contributed by atoms with E-state index < -0.39 is 6.04 Å². The van der Waals surface area contributed by atoms with E-state index in [1.807, 2.05) is 13.0 Å². The van der Waals surface area contributed by atoms with Crippen molar-refractivity contribution in [2.45, 2.75) is 19.9 Å². The Morgan fingerprint density at radius 2 is 2.27 bits per heavy atom. The first-order chi connectivity index (χ1) is 7.06. The topological polar surface area (TPSA) is 57.0 Å². The highest BCUT2D eigenvalue weighted by atomic mass is 16.2. The van der Waals surface area contributed by atoms with Crippen LogP contribution in [0.5, 0.6) is 0 Å². The fraction of sp³-hybridized carbons (Fsp3) is 0.364. The second kappa shape index (κ2) is 4.56. The Kier molecular flexibility index (Phi) is 3.40. The standard InChI is InChI=1S/C11H13N3O/c1-8-4-10(7-13-6-8)11(15)14(3)9(2)5-12/h4,6-7,9H,1-3H3. The number of aryl methyl sites for hydroxylation is 1. The van der Waals surface area contributed by atoms with Gasteiger partial charge in [-0.3, -0.25) is 9.78 Å². The van der Waals surface area contributed by atoms with E-state index in [4.69, 9.17) is 5.26 Å². The fourth-order valence-electron chi connectivity index (χ4n) is 1.14. The summed E-state index contributed by atoms with van der Waals surface area (Å²) < 4.78 is 0. The predicted molar refractivity (Wildman–Crippen MR) is 56.1 cm³/mol. The zero-order valence-corrected chi connectivity index (χ0v) is 9.06. The van der Waals surface area contributed by atoms with Gasteiger partial charge in [-0.15, -0.1) is 0 Å². The molecule has 0 spiro atoms. The molecule has 0 aliphatic carbocycles. The number of nitrogens with zero attached hydrogens (tertiary/aromatic N) is 3. The number of aromatic nitrogens is 1. The van der Waals surface area contributed by atoms with Crippen LogP contribution in [0, 0.1) is 18.3 Å². The Labute approximate surface area is 89.2 Å². The monoisotopic (exact) mass is 203 g/mol. The summed E-state index contributed by atoms with van der Waals surface area (Å²) in [7, 11) is 1.61. The zero-order valence-electron chi connectivity index (χ0n) is 9.06. The highest BCUT2D eigenvalue weighted by Crippen LogP contribution is 2.06. The molecule has 1 amide bonds. The number of pyridine rings is 1. The van der Waals surface area contributed by atoms with Crippen molar-refractivity contribution >= 4 is 5.91 Å². The molecule has 0 bridgehead atoms. The lowest BCUT2D eigenvalue weighted by Crippen LogP contribution is -2.34. The molecule has 0 radical (unpaired) electrons. The maximum Gasteiger partial charge on any atom is 0.256 e. The van der Waals surface area contributed by atoms with Crippen LogP contribution in [-0.4, -0.2) is 28.9 Å². The number of carbonyl (C=O) groups excluding carboxylic acids is 1. The molecule has 0 aliphatic rings. The minimum Gasteiger partial charge on any atom is -0.326 e. The molecule has 1 unspecified atom stereocenters. The SMILES string of the molecule is Cc1cncc(C(=O)N(C)C(C)C#N)c1. The molecule has 1 aromatic heterocycles. The van der Waals surface area contributed by atoms with E-state index in [2.05, 4.69) is 4.98 Å². The summed E-state index contributed by atoms with van der Waals surface area (Å²) >= 11 is 0. The van der Waals surface area contributed by atoms with E-state index >= 15 is 0 Å². The van der Waals surface area contributed by atoms with Crippen molar-refractivity contribution in [1.82, 2.24) is 9.88 Å². The van der Waals surface area contributed by atoms with Gasteiger partial charge in [0.2, 0.25) is 0 Å². The summed E-state index contributed by atoms with van der Waals surface area (Å²) in [6.45, 7) is 3.55. The van der Waals surface area contributed by atoms with Gasteiger partial charge in [0.05, 0.1) is 11.6 Å². The lowest BCUT2D eigenvalue weighted by Gasteiger charge is -2.19.